The average Bonchev–Trinajstić information content (AvgIpc) is 2.27. The minimum atomic E-state index is 0. The highest BCUT2D eigenvalue weighted by Crippen LogP contribution is 2.04. The molecule has 1 aromatic carbocycles. The SMILES string of the molecule is CCCN(C)C(=O)CNc1ccccc1.Cl. The van der Waals surface area contributed by atoms with Crippen LogP contribution in [0.1, 0.15) is 13.3 Å². The second-order valence-electron chi connectivity index (χ2n) is 3.53. The molecular weight excluding hydrogens is 224 g/mol. The van der Waals surface area contributed by atoms with Gasteiger partial charge >= 0.3 is 0 Å². The Labute approximate surface area is 103 Å². The van der Waals surface area contributed by atoms with Crippen molar-refractivity contribution in [1.82, 2.24) is 4.90 Å². The summed E-state index contributed by atoms with van der Waals surface area (Å²) in [4.78, 5) is 13.3. The fraction of sp³-hybridized carbons (Fsp3) is 0.417. The van der Waals surface area contributed by atoms with Gasteiger partial charge in [0, 0.05) is 19.3 Å². The number of hydrogen-bond acceptors (Lipinski definition) is 2. The fourth-order valence-electron chi connectivity index (χ4n) is 1.33. The van der Waals surface area contributed by atoms with Crippen LogP contribution in [0.5, 0.6) is 0 Å². The maximum absolute atomic E-state index is 11.6. The number of nitrogens with zero attached hydrogens (tertiary/aromatic N) is 1. The third-order valence-corrected chi connectivity index (χ3v) is 2.20. The molecule has 1 aromatic rings. The number of para-hydroxylation sites is 1. The molecule has 0 unspecified atom stereocenters. The lowest BCUT2D eigenvalue weighted by atomic mass is 10.3. The number of carbonyl (C=O) groups excluding carboxylic acids is 1. The highest BCUT2D eigenvalue weighted by molar-refractivity contribution is 5.85. The summed E-state index contributed by atoms with van der Waals surface area (Å²) in [6.07, 6.45) is 0.994. The molecule has 16 heavy (non-hydrogen) atoms. The van der Waals surface area contributed by atoms with Gasteiger partial charge in [0.25, 0.3) is 0 Å². The fourth-order valence-corrected chi connectivity index (χ4v) is 1.33. The van der Waals surface area contributed by atoms with Gasteiger partial charge < -0.3 is 10.2 Å². The lowest BCUT2D eigenvalue weighted by Gasteiger charge is -2.16. The summed E-state index contributed by atoms with van der Waals surface area (Å²) in [6.45, 7) is 3.24. The van der Waals surface area contributed by atoms with Crippen molar-refractivity contribution in [3.63, 3.8) is 0 Å². The number of halogens is 1. The number of benzene rings is 1. The molecule has 0 atom stereocenters. The lowest BCUT2D eigenvalue weighted by Crippen LogP contribution is -2.32. The van der Waals surface area contributed by atoms with E-state index >= 15 is 0 Å². The first-order chi connectivity index (χ1) is 7.24. The number of rotatable bonds is 5. The molecule has 3 nitrogen and oxygen atoms in total. The quantitative estimate of drug-likeness (QED) is 0.860. The van der Waals surface area contributed by atoms with Gasteiger partial charge in [0.05, 0.1) is 6.54 Å². The average molecular weight is 243 g/mol. The number of carbonyl (C=O) groups is 1. The second-order valence-corrected chi connectivity index (χ2v) is 3.53. The maximum Gasteiger partial charge on any atom is 0.241 e. The van der Waals surface area contributed by atoms with E-state index in [0.29, 0.717) is 6.54 Å². The molecule has 1 N–H and O–H groups in total. The maximum atomic E-state index is 11.6. The minimum absolute atomic E-state index is 0. The molecule has 0 aromatic heterocycles. The molecule has 1 amide bonds. The summed E-state index contributed by atoms with van der Waals surface area (Å²) in [7, 11) is 1.83. The van der Waals surface area contributed by atoms with E-state index in [2.05, 4.69) is 12.2 Å². The van der Waals surface area contributed by atoms with Crippen molar-refractivity contribution in [3.8, 4) is 0 Å². The third-order valence-electron chi connectivity index (χ3n) is 2.20. The van der Waals surface area contributed by atoms with Crippen molar-refractivity contribution in [3.05, 3.63) is 30.3 Å². The molecular formula is C12H19ClN2O. The monoisotopic (exact) mass is 242 g/mol. The molecule has 0 saturated heterocycles. The van der Waals surface area contributed by atoms with Crippen LogP contribution in [0.2, 0.25) is 0 Å². The highest BCUT2D eigenvalue weighted by atomic mass is 35.5. The summed E-state index contributed by atoms with van der Waals surface area (Å²) in [5.74, 6) is 0.126. The van der Waals surface area contributed by atoms with Crippen LogP contribution in [0.3, 0.4) is 0 Å². The van der Waals surface area contributed by atoms with Crippen molar-refractivity contribution in [2.45, 2.75) is 13.3 Å². The van der Waals surface area contributed by atoms with Gasteiger partial charge in [-0.05, 0) is 18.6 Å². The topological polar surface area (TPSA) is 32.3 Å². The van der Waals surface area contributed by atoms with Crippen LogP contribution in [-0.2, 0) is 4.79 Å². The van der Waals surface area contributed by atoms with Crippen LogP contribution in [0.25, 0.3) is 0 Å². The summed E-state index contributed by atoms with van der Waals surface area (Å²) >= 11 is 0. The predicted octanol–water partition coefficient (Wildman–Crippen LogP) is 2.39. The Hall–Kier alpha value is -1.22. The van der Waals surface area contributed by atoms with Crippen molar-refractivity contribution in [2.75, 3.05) is 25.5 Å². The first-order valence-electron chi connectivity index (χ1n) is 5.27. The summed E-state index contributed by atoms with van der Waals surface area (Å²) in [6, 6.07) is 9.75. The Bertz CT molecular complexity index is 303. The standard InChI is InChI=1S/C12H18N2O.ClH/c1-3-9-14(2)12(15)10-13-11-7-5-4-6-8-11;/h4-8,13H,3,9-10H2,1-2H3;1H. The molecule has 0 fully saturated rings. The molecule has 90 valence electrons. The molecule has 0 saturated carbocycles. The molecule has 0 aliphatic heterocycles. The normalized spacial score (nSPS) is 9.12. The van der Waals surface area contributed by atoms with Crippen LogP contribution in [0, 0.1) is 0 Å². The van der Waals surface area contributed by atoms with E-state index in [1.54, 1.807) is 4.90 Å². The van der Waals surface area contributed by atoms with E-state index in [1.165, 1.54) is 0 Å². The number of likely N-dealkylation sites (N-methyl/N-ethyl adjacent to an activating group) is 1. The van der Waals surface area contributed by atoms with E-state index in [-0.39, 0.29) is 18.3 Å². The Morgan fingerprint density at radius 1 is 1.31 bits per heavy atom. The van der Waals surface area contributed by atoms with Crippen LogP contribution in [0.15, 0.2) is 30.3 Å². The largest absolute Gasteiger partial charge is 0.376 e. The van der Waals surface area contributed by atoms with Crippen molar-refractivity contribution in [2.24, 2.45) is 0 Å². The molecule has 0 bridgehead atoms. The molecule has 0 heterocycles. The van der Waals surface area contributed by atoms with E-state index in [9.17, 15) is 4.79 Å². The number of amides is 1. The zero-order valence-electron chi connectivity index (χ0n) is 9.77. The molecule has 0 aliphatic carbocycles. The van der Waals surface area contributed by atoms with Crippen LogP contribution >= 0.6 is 12.4 Å². The van der Waals surface area contributed by atoms with Gasteiger partial charge in [-0.15, -0.1) is 12.4 Å². The summed E-state index contributed by atoms with van der Waals surface area (Å²) in [5, 5.41) is 3.09. The van der Waals surface area contributed by atoms with Crippen LogP contribution in [0.4, 0.5) is 5.69 Å². The molecule has 0 spiro atoms. The first kappa shape index (κ1) is 14.8. The Balaban J connectivity index is 0.00000225. The number of anilines is 1. The molecule has 4 heteroatoms. The smallest absolute Gasteiger partial charge is 0.241 e. The van der Waals surface area contributed by atoms with Crippen molar-refractivity contribution < 1.29 is 4.79 Å². The molecule has 0 aliphatic rings. The van der Waals surface area contributed by atoms with Crippen LogP contribution < -0.4 is 5.32 Å². The van der Waals surface area contributed by atoms with E-state index in [4.69, 9.17) is 0 Å². The van der Waals surface area contributed by atoms with Gasteiger partial charge in [0.1, 0.15) is 0 Å². The highest BCUT2D eigenvalue weighted by Gasteiger charge is 2.06. The zero-order valence-corrected chi connectivity index (χ0v) is 10.6. The van der Waals surface area contributed by atoms with Gasteiger partial charge in [-0.25, -0.2) is 0 Å². The third kappa shape index (κ3) is 5.03. The Morgan fingerprint density at radius 2 is 1.94 bits per heavy atom. The lowest BCUT2D eigenvalue weighted by molar-refractivity contribution is -0.128. The van der Waals surface area contributed by atoms with Gasteiger partial charge in [-0.2, -0.15) is 0 Å². The first-order valence-corrected chi connectivity index (χ1v) is 5.27. The van der Waals surface area contributed by atoms with E-state index in [0.717, 1.165) is 18.7 Å². The van der Waals surface area contributed by atoms with Crippen LogP contribution in [-0.4, -0.2) is 30.9 Å². The second kappa shape index (κ2) is 7.99. The minimum Gasteiger partial charge on any atom is -0.376 e. The van der Waals surface area contributed by atoms with Gasteiger partial charge in [-0.3, -0.25) is 4.79 Å². The van der Waals surface area contributed by atoms with Crippen molar-refractivity contribution in [1.29, 1.82) is 0 Å². The Kier molecular flexibility index (Phi) is 7.38. The van der Waals surface area contributed by atoms with Gasteiger partial charge in [-0.1, -0.05) is 25.1 Å². The summed E-state index contributed by atoms with van der Waals surface area (Å²) in [5.41, 5.74) is 0.982. The Morgan fingerprint density at radius 3 is 2.50 bits per heavy atom. The zero-order chi connectivity index (χ0) is 11.1. The van der Waals surface area contributed by atoms with E-state index < -0.39 is 0 Å². The predicted molar refractivity (Wildman–Crippen MR) is 70.1 cm³/mol. The van der Waals surface area contributed by atoms with E-state index in [1.807, 2.05) is 37.4 Å². The van der Waals surface area contributed by atoms with Crippen molar-refractivity contribution >= 4 is 24.0 Å². The number of hydrogen-bond donors (Lipinski definition) is 1. The number of nitrogens with one attached hydrogen (secondary N) is 1. The summed E-state index contributed by atoms with van der Waals surface area (Å²) < 4.78 is 0. The van der Waals surface area contributed by atoms with Gasteiger partial charge in [0.2, 0.25) is 5.91 Å². The molecule has 1 rings (SSSR count). The molecule has 0 radical (unpaired) electrons. The van der Waals surface area contributed by atoms with Gasteiger partial charge in [0.15, 0.2) is 0 Å².